The van der Waals surface area contributed by atoms with Crippen LogP contribution in [0.4, 0.5) is 0 Å². The fraction of sp³-hybridized carbons (Fsp3) is 0.0588. The molecule has 0 spiro atoms. The first-order valence-corrected chi connectivity index (χ1v) is 5.99. The van der Waals surface area contributed by atoms with Gasteiger partial charge in [-0.3, -0.25) is 0 Å². The lowest BCUT2D eigenvalue weighted by molar-refractivity contribution is 0.228. The number of benzene rings is 2. The first-order chi connectivity index (χ1) is 8.86. The van der Waals surface area contributed by atoms with Crippen molar-refractivity contribution in [2.75, 3.05) is 0 Å². The third-order valence-electron chi connectivity index (χ3n) is 2.63. The lowest BCUT2D eigenvalue weighted by atomic mass is 10.1. The van der Waals surface area contributed by atoms with Crippen molar-refractivity contribution in [2.45, 2.75) is 6.10 Å². The highest BCUT2D eigenvalue weighted by atomic mass is 16.3. The molecule has 1 unspecified atom stereocenters. The van der Waals surface area contributed by atoms with Crippen LogP contribution in [0.5, 0.6) is 0 Å². The molecule has 0 aliphatic carbocycles. The Morgan fingerprint density at radius 2 is 1.39 bits per heavy atom. The maximum atomic E-state index is 9.90. The van der Waals surface area contributed by atoms with Crippen molar-refractivity contribution in [1.29, 1.82) is 0 Å². The van der Waals surface area contributed by atoms with E-state index in [1.165, 1.54) is 0 Å². The molecule has 1 nitrogen and oxygen atoms in total. The number of aliphatic hydroxyl groups is 1. The van der Waals surface area contributed by atoms with Gasteiger partial charge in [0.15, 0.2) is 0 Å². The highest BCUT2D eigenvalue weighted by Crippen LogP contribution is 2.13. The van der Waals surface area contributed by atoms with Crippen LogP contribution in [0, 0.1) is 0 Å². The maximum absolute atomic E-state index is 9.90. The van der Waals surface area contributed by atoms with E-state index < -0.39 is 6.10 Å². The van der Waals surface area contributed by atoms with Crippen LogP contribution in [0.25, 0.3) is 6.08 Å². The number of allylic oxidation sites excluding steroid dienone is 2. The first kappa shape index (κ1) is 12.3. The van der Waals surface area contributed by atoms with E-state index in [1.807, 2.05) is 78.9 Å². The zero-order valence-corrected chi connectivity index (χ0v) is 10.1. The molecule has 0 aromatic heterocycles. The van der Waals surface area contributed by atoms with E-state index in [0.29, 0.717) is 0 Å². The summed E-state index contributed by atoms with van der Waals surface area (Å²) in [6.45, 7) is 0. The van der Waals surface area contributed by atoms with Crippen LogP contribution in [-0.2, 0) is 0 Å². The standard InChI is InChI=1S/C17H16O/c18-17(16-12-5-2-6-13-16)14-8-7-11-15-9-3-1-4-10-15/h1-14,17-18H. The SMILES string of the molecule is OC(C=CC=Cc1ccccc1)c1ccccc1. The van der Waals surface area contributed by atoms with Gasteiger partial charge in [0.05, 0.1) is 6.10 Å². The van der Waals surface area contributed by atoms with Gasteiger partial charge in [-0.2, -0.15) is 0 Å². The molecule has 2 rings (SSSR count). The van der Waals surface area contributed by atoms with Crippen molar-refractivity contribution in [3.63, 3.8) is 0 Å². The molecule has 18 heavy (non-hydrogen) atoms. The predicted octanol–water partition coefficient (Wildman–Crippen LogP) is 3.99. The second-order valence-corrected chi connectivity index (χ2v) is 4.01. The molecule has 0 bridgehead atoms. The second-order valence-electron chi connectivity index (χ2n) is 4.01. The molecule has 2 aromatic rings. The number of rotatable bonds is 4. The Bertz CT molecular complexity index is 512. The third-order valence-corrected chi connectivity index (χ3v) is 2.63. The van der Waals surface area contributed by atoms with Gasteiger partial charge >= 0.3 is 0 Å². The maximum Gasteiger partial charge on any atom is 0.0974 e. The van der Waals surface area contributed by atoms with Crippen molar-refractivity contribution in [3.8, 4) is 0 Å². The Labute approximate surface area is 108 Å². The molecule has 0 heterocycles. The Balaban J connectivity index is 1.94. The first-order valence-electron chi connectivity index (χ1n) is 5.99. The van der Waals surface area contributed by atoms with Crippen molar-refractivity contribution >= 4 is 6.08 Å². The summed E-state index contributed by atoms with van der Waals surface area (Å²) in [6, 6.07) is 19.7. The molecule has 0 amide bonds. The van der Waals surface area contributed by atoms with Gasteiger partial charge in [0.2, 0.25) is 0 Å². The molecular weight excluding hydrogens is 220 g/mol. The van der Waals surface area contributed by atoms with Crippen molar-refractivity contribution in [1.82, 2.24) is 0 Å². The highest BCUT2D eigenvalue weighted by Gasteiger charge is 1.99. The van der Waals surface area contributed by atoms with Gasteiger partial charge in [0.1, 0.15) is 0 Å². The molecule has 0 aliphatic rings. The summed E-state index contributed by atoms with van der Waals surface area (Å²) in [5.41, 5.74) is 2.05. The smallest absolute Gasteiger partial charge is 0.0974 e. The Kier molecular flexibility index (Phi) is 4.51. The van der Waals surface area contributed by atoms with Crippen LogP contribution in [0.15, 0.2) is 78.9 Å². The van der Waals surface area contributed by atoms with Crippen molar-refractivity contribution < 1.29 is 5.11 Å². The predicted molar refractivity (Wildman–Crippen MR) is 76.0 cm³/mol. The summed E-state index contributed by atoms with van der Waals surface area (Å²) in [5, 5.41) is 9.90. The van der Waals surface area contributed by atoms with E-state index in [1.54, 1.807) is 6.08 Å². The molecule has 1 N–H and O–H groups in total. The quantitative estimate of drug-likeness (QED) is 0.796. The average molecular weight is 236 g/mol. The fourth-order valence-electron chi connectivity index (χ4n) is 1.66. The monoisotopic (exact) mass is 236 g/mol. The van der Waals surface area contributed by atoms with Crippen LogP contribution in [0.1, 0.15) is 17.2 Å². The Hall–Kier alpha value is -2.12. The minimum Gasteiger partial charge on any atom is -0.384 e. The molecule has 0 saturated heterocycles. The van der Waals surface area contributed by atoms with E-state index in [2.05, 4.69) is 0 Å². The Morgan fingerprint density at radius 1 is 0.778 bits per heavy atom. The topological polar surface area (TPSA) is 20.2 Å². The third kappa shape index (κ3) is 3.72. The van der Waals surface area contributed by atoms with E-state index in [9.17, 15) is 5.11 Å². The summed E-state index contributed by atoms with van der Waals surface area (Å²) >= 11 is 0. The molecule has 2 aromatic carbocycles. The highest BCUT2D eigenvalue weighted by molar-refractivity contribution is 5.50. The van der Waals surface area contributed by atoms with Gasteiger partial charge in [-0.05, 0) is 11.1 Å². The van der Waals surface area contributed by atoms with Crippen LogP contribution >= 0.6 is 0 Å². The zero-order valence-electron chi connectivity index (χ0n) is 10.1. The number of hydrogen-bond donors (Lipinski definition) is 1. The molecule has 1 heteroatoms. The molecule has 1 atom stereocenters. The van der Waals surface area contributed by atoms with Gasteiger partial charge in [-0.25, -0.2) is 0 Å². The van der Waals surface area contributed by atoms with Gasteiger partial charge < -0.3 is 5.11 Å². The van der Waals surface area contributed by atoms with Gasteiger partial charge in [0.25, 0.3) is 0 Å². The van der Waals surface area contributed by atoms with Gasteiger partial charge in [-0.15, -0.1) is 0 Å². The number of hydrogen-bond acceptors (Lipinski definition) is 1. The summed E-state index contributed by atoms with van der Waals surface area (Å²) < 4.78 is 0. The van der Waals surface area contributed by atoms with Crippen LogP contribution in [0.3, 0.4) is 0 Å². The van der Waals surface area contributed by atoms with E-state index >= 15 is 0 Å². The summed E-state index contributed by atoms with van der Waals surface area (Å²) in [5.74, 6) is 0. The summed E-state index contributed by atoms with van der Waals surface area (Å²) in [4.78, 5) is 0. The van der Waals surface area contributed by atoms with E-state index in [-0.39, 0.29) is 0 Å². The van der Waals surface area contributed by atoms with Gasteiger partial charge in [0, 0.05) is 0 Å². The minimum atomic E-state index is -0.549. The van der Waals surface area contributed by atoms with Crippen LogP contribution < -0.4 is 0 Å². The van der Waals surface area contributed by atoms with E-state index in [4.69, 9.17) is 0 Å². The van der Waals surface area contributed by atoms with Crippen molar-refractivity contribution in [2.24, 2.45) is 0 Å². The fourth-order valence-corrected chi connectivity index (χ4v) is 1.66. The van der Waals surface area contributed by atoms with Crippen molar-refractivity contribution in [3.05, 3.63) is 90.0 Å². The molecule has 0 aliphatic heterocycles. The minimum absolute atomic E-state index is 0.549. The molecule has 0 radical (unpaired) electrons. The summed E-state index contributed by atoms with van der Waals surface area (Å²) in [6.07, 6.45) is 7.03. The molecule has 0 fully saturated rings. The zero-order chi connectivity index (χ0) is 12.6. The Morgan fingerprint density at radius 3 is 2.06 bits per heavy atom. The second kappa shape index (κ2) is 6.58. The van der Waals surface area contributed by atoms with Gasteiger partial charge in [-0.1, -0.05) is 85.0 Å². The largest absolute Gasteiger partial charge is 0.384 e. The van der Waals surface area contributed by atoms with Crippen LogP contribution in [-0.4, -0.2) is 5.11 Å². The number of aliphatic hydroxyl groups excluding tert-OH is 1. The average Bonchev–Trinajstić information content (AvgIpc) is 2.45. The molecular formula is C17H16O. The van der Waals surface area contributed by atoms with Crippen LogP contribution in [0.2, 0.25) is 0 Å². The molecule has 0 saturated carbocycles. The lowest BCUT2D eigenvalue weighted by Gasteiger charge is -2.03. The van der Waals surface area contributed by atoms with E-state index in [0.717, 1.165) is 11.1 Å². The summed E-state index contributed by atoms with van der Waals surface area (Å²) in [7, 11) is 0. The lowest BCUT2D eigenvalue weighted by Crippen LogP contribution is -1.91. The normalized spacial score (nSPS) is 13.2. The molecule has 90 valence electrons.